The third-order valence-electron chi connectivity index (χ3n) is 5.16. The molecule has 2 aliphatic heterocycles. The number of aliphatic imine (C=N–C) groups is 1. The molecule has 30 heavy (non-hydrogen) atoms. The molecule has 0 saturated carbocycles. The first-order chi connectivity index (χ1) is 14.7. The van der Waals surface area contributed by atoms with Crippen molar-refractivity contribution in [3.8, 4) is 23.0 Å². The van der Waals surface area contributed by atoms with Gasteiger partial charge in [0, 0.05) is 24.1 Å². The molecule has 0 aliphatic carbocycles. The summed E-state index contributed by atoms with van der Waals surface area (Å²) in [5, 5.41) is 0. The van der Waals surface area contributed by atoms with E-state index in [0.717, 1.165) is 41.2 Å². The highest BCUT2D eigenvalue weighted by Crippen LogP contribution is 2.35. The van der Waals surface area contributed by atoms with E-state index in [1.165, 1.54) is 0 Å². The quantitative estimate of drug-likeness (QED) is 0.639. The minimum absolute atomic E-state index is 0.00212. The first kappa shape index (κ1) is 20.3. The number of carbonyl (C=O) groups excluding carboxylic acids is 1. The number of ether oxygens (including phenoxy) is 4. The van der Waals surface area contributed by atoms with Gasteiger partial charge in [0.2, 0.25) is 0 Å². The lowest BCUT2D eigenvalue weighted by molar-refractivity contribution is 0.1000. The molecule has 0 aromatic heterocycles. The van der Waals surface area contributed by atoms with E-state index in [4.69, 9.17) is 18.9 Å². The molecule has 4 rings (SSSR count). The van der Waals surface area contributed by atoms with E-state index in [2.05, 4.69) is 4.99 Å². The Labute approximate surface area is 176 Å². The van der Waals surface area contributed by atoms with Crippen molar-refractivity contribution in [1.82, 2.24) is 0 Å². The van der Waals surface area contributed by atoms with E-state index < -0.39 is 0 Å². The van der Waals surface area contributed by atoms with E-state index in [1.807, 2.05) is 26.0 Å². The van der Waals surface area contributed by atoms with Gasteiger partial charge in [-0.25, -0.2) is 0 Å². The number of carbonyl (C=O) groups is 1. The van der Waals surface area contributed by atoms with Crippen LogP contribution in [0.5, 0.6) is 23.0 Å². The number of Topliss-reactive ketones (excluding diaryl/α,β-unsaturated/α-hetero) is 1. The molecule has 0 amide bonds. The summed E-state index contributed by atoms with van der Waals surface area (Å²) in [6.45, 7) is 6.83. The Kier molecular flexibility index (Phi) is 6.21. The molecule has 0 atom stereocenters. The number of benzene rings is 2. The van der Waals surface area contributed by atoms with Crippen molar-refractivity contribution in [2.24, 2.45) is 4.99 Å². The molecule has 2 aliphatic rings. The summed E-state index contributed by atoms with van der Waals surface area (Å²) in [4.78, 5) is 17.7. The van der Waals surface area contributed by atoms with Gasteiger partial charge in [-0.05, 0) is 56.2 Å². The van der Waals surface area contributed by atoms with Crippen molar-refractivity contribution in [2.75, 3.05) is 33.0 Å². The van der Waals surface area contributed by atoms with Crippen molar-refractivity contribution in [2.45, 2.75) is 33.1 Å². The molecule has 6 heteroatoms. The van der Waals surface area contributed by atoms with Crippen molar-refractivity contribution in [3.63, 3.8) is 0 Å². The minimum atomic E-state index is -0.00212. The Morgan fingerprint density at radius 1 is 1.00 bits per heavy atom. The van der Waals surface area contributed by atoms with E-state index in [9.17, 15) is 4.79 Å². The summed E-state index contributed by atoms with van der Waals surface area (Å²) in [5.41, 5.74) is 3.52. The van der Waals surface area contributed by atoms with Crippen LogP contribution in [-0.2, 0) is 6.42 Å². The Bertz CT molecular complexity index is 966. The van der Waals surface area contributed by atoms with Crippen LogP contribution in [0.3, 0.4) is 0 Å². The standard InChI is InChI=1S/C24H27NO5/c1-3-27-21-7-6-17(13-22(21)28-4-2)20(26)15-19-18-14-24-23(29-10-5-11-30-24)12-16(18)8-9-25-19/h6-7,12-14H,3-5,8-11,15H2,1-2H3. The fraction of sp³-hybridized carbons (Fsp3) is 0.417. The van der Waals surface area contributed by atoms with Crippen LogP contribution in [0.15, 0.2) is 35.3 Å². The van der Waals surface area contributed by atoms with Gasteiger partial charge in [-0.1, -0.05) is 0 Å². The smallest absolute Gasteiger partial charge is 0.168 e. The average Bonchev–Trinajstić information content (AvgIpc) is 2.99. The maximum atomic E-state index is 13.1. The Balaban J connectivity index is 1.58. The molecule has 0 fully saturated rings. The second-order valence-corrected chi connectivity index (χ2v) is 7.21. The van der Waals surface area contributed by atoms with Crippen molar-refractivity contribution >= 4 is 11.5 Å². The van der Waals surface area contributed by atoms with Gasteiger partial charge in [0.25, 0.3) is 0 Å². The maximum absolute atomic E-state index is 13.1. The predicted octanol–water partition coefficient (Wildman–Crippen LogP) is 4.26. The van der Waals surface area contributed by atoms with Crippen molar-refractivity contribution in [3.05, 3.63) is 47.0 Å². The molecule has 0 saturated heterocycles. The van der Waals surface area contributed by atoms with E-state index >= 15 is 0 Å². The lowest BCUT2D eigenvalue weighted by atomic mass is 9.92. The number of nitrogens with zero attached hydrogens (tertiary/aromatic N) is 1. The molecule has 158 valence electrons. The van der Waals surface area contributed by atoms with Crippen LogP contribution < -0.4 is 18.9 Å². The first-order valence-corrected chi connectivity index (χ1v) is 10.6. The van der Waals surface area contributed by atoms with Crippen LogP contribution in [0.2, 0.25) is 0 Å². The van der Waals surface area contributed by atoms with Gasteiger partial charge in [-0.3, -0.25) is 9.79 Å². The lowest BCUT2D eigenvalue weighted by Crippen LogP contribution is -2.17. The zero-order valence-corrected chi connectivity index (χ0v) is 17.5. The van der Waals surface area contributed by atoms with Gasteiger partial charge in [-0.2, -0.15) is 0 Å². The third-order valence-corrected chi connectivity index (χ3v) is 5.16. The molecular formula is C24H27NO5. The van der Waals surface area contributed by atoms with Gasteiger partial charge >= 0.3 is 0 Å². The normalized spacial score (nSPS) is 14.9. The topological polar surface area (TPSA) is 66.4 Å². The predicted molar refractivity (Wildman–Crippen MR) is 115 cm³/mol. The first-order valence-electron chi connectivity index (χ1n) is 10.6. The summed E-state index contributed by atoms with van der Waals surface area (Å²) in [6, 6.07) is 9.36. The molecule has 0 radical (unpaired) electrons. The summed E-state index contributed by atoms with van der Waals surface area (Å²) in [5.74, 6) is 2.75. The van der Waals surface area contributed by atoms with E-state index in [1.54, 1.807) is 18.2 Å². The molecule has 0 bridgehead atoms. The van der Waals surface area contributed by atoms with Crippen LogP contribution in [0.4, 0.5) is 0 Å². The minimum Gasteiger partial charge on any atom is -0.490 e. The monoisotopic (exact) mass is 409 g/mol. The van der Waals surface area contributed by atoms with Crippen molar-refractivity contribution < 1.29 is 23.7 Å². The van der Waals surface area contributed by atoms with Gasteiger partial charge in [0.1, 0.15) is 0 Å². The van der Waals surface area contributed by atoms with Crippen molar-refractivity contribution in [1.29, 1.82) is 0 Å². The SMILES string of the molecule is CCOc1ccc(C(=O)CC2=NCCc3cc4c(cc32)OCCCO4)cc1OCC. The largest absolute Gasteiger partial charge is 0.490 e. The number of hydrogen-bond donors (Lipinski definition) is 0. The number of rotatable bonds is 7. The molecule has 0 spiro atoms. The number of hydrogen-bond acceptors (Lipinski definition) is 6. The lowest BCUT2D eigenvalue weighted by Gasteiger charge is -2.19. The second kappa shape index (κ2) is 9.20. The summed E-state index contributed by atoms with van der Waals surface area (Å²) < 4.78 is 22.9. The van der Waals surface area contributed by atoms with Gasteiger partial charge in [-0.15, -0.1) is 0 Å². The highest BCUT2D eigenvalue weighted by atomic mass is 16.5. The van der Waals surface area contributed by atoms with Crippen LogP contribution >= 0.6 is 0 Å². The molecule has 6 nitrogen and oxygen atoms in total. The molecule has 2 heterocycles. The zero-order chi connectivity index (χ0) is 20.9. The molecule has 2 aromatic carbocycles. The van der Waals surface area contributed by atoms with Gasteiger partial charge < -0.3 is 18.9 Å². The number of fused-ring (bicyclic) bond motifs is 2. The fourth-order valence-corrected chi connectivity index (χ4v) is 3.75. The Morgan fingerprint density at radius 2 is 1.73 bits per heavy atom. The van der Waals surface area contributed by atoms with Gasteiger partial charge in [0.15, 0.2) is 28.8 Å². The van der Waals surface area contributed by atoms with Gasteiger partial charge in [0.05, 0.1) is 38.6 Å². The van der Waals surface area contributed by atoms with E-state index in [0.29, 0.717) is 50.0 Å². The summed E-state index contributed by atoms with van der Waals surface area (Å²) in [6.07, 6.45) is 1.92. The molecule has 2 aromatic rings. The summed E-state index contributed by atoms with van der Waals surface area (Å²) >= 11 is 0. The summed E-state index contributed by atoms with van der Waals surface area (Å²) in [7, 11) is 0. The maximum Gasteiger partial charge on any atom is 0.168 e. The molecule has 0 N–H and O–H groups in total. The van der Waals surface area contributed by atoms with Crippen LogP contribution in [0.25, 0.3) is 0 Å². The second-order valence-electron chi connectivity index (χ2n) is 7.21. The van der Waals surface area contributed by atoms with Crippen LogP contribution in [-0.4, -0.2) is 44.5 Å². The molecule has 0 unspecified atom stereocenters. The number of ketones is 1. The van der Waals surface area contributed by atoms with Crippen LogP contribution in [0, 0.1) is 0 Å². The zero-order valence-electron chi connectivity index (χ0n) is 17.5. The Morgan fingerprint density at radius 3 is 2.50 bits per heavy atom. The third kappa shape index (κ3) is 4.27. The Hall–Kier alpha value is -3.02. The molecular weight excluding hydrogens is 382 g/mol. The highest BCUT2D eigenvalue weighted by molar-refractivity contribution is 6.17. The van der Waals surface area contributed by atoms with Crippen LogP contribution in [0.1, 0.15) is 48.2 Å². The van der Waals surface area contributed by atoms with E-state index in [-0.39, 0.29) is 12.2 Å². The average molecular weight is 409 g/mol. The fourth-order valence-electron chi connectivity index (χ4n) is 3.75. The highest BCUT2D eigenvalue weighted by Gasteiger charge is 2.23.